The number of carbonyl (C=O) groups is 1. The van der Waals surface area contributed by atoms with Crippen LogP contribution in [0.25, 0.3) is 5.69 Å². The summed E-state index contributed by atoms with van der Waals surface area (Å²) in [6.45, 7) is 0. The van der Waals surface area contributed by atoms with Crippen molar-refractivity contribution in [2.24, 2.45) is 0 Å². The van der Waals surface area contributed by atoms with E-state index in [-0.39, 0.29) is 11.5 Å². The Bertz CT molecular complexity index is 807. The van der Waals surface area contributed by atoms with Crippen LogP contribution in [0.15, 0.2) is 67.3 Å². The molecule has 0 bridgehead atoms. The number of hydrogen-bond donors (Lipinski definition) is 0. The molecular formula is C16H11N3O3. The molecule has 6 nitrogen and oxygen atoms in total. The smallest absolute Gasteiger partial charge is 0.269 e. The molecule has 0 unspecified atom stereocenters. The number of aromatic nitrogens is 2. The summed E-state index contributed by atoms with van der Waals surface area (Å²) in [7, 11) is 0. The molecule has 0 N–H and O–H groups in total. The third kappa shape index (κ3) is 2.62. The van der Waals surface area contributed by atoms with Gasteiger partial charge in [0.05, 0.1) is 11.3 Å². The Labute approximate surface area is 125 Å². The predicted octanol–water partition coefficient (Wildman–Crippen LogP) is 3.01. The average molecular weight is 293 g/mol. The van der Waals surface area contributed by atoms with Crippen molar-refractivity contribution in [2.45, 2.75) is 0 Å². The maximum absolute atomic E-state index is 12.3. The van der Waals surface area contributed by atoms with E-state index in [2.05, 4.69) is 4.98 Å². The highest BCUT2D eigenvalue weighted by molar-refractivity contribution is 6.09. The summed E-state index contributed by atoms with van der Waals surface area (Å²) in [6, 6.07) is 12.7. The number of carbonyl (C=O) groups excluding carboxylic acids is 1. The van der Waals surface area contributed by atoms with Crippen LogP contribution in [0.4, 0.5) is 5.69 Å². The van der Waals surface area contributed by atoms with Gasteiger partial charge in [-0.3, -0.25) is 14.9 Å². The summed E-state index contributed by atoms with van der Waals surface area (Å²) in [4.78, 5) is 26.4. The average Bonchev–Trinajstić information content (AvgIpc) is 3.09. The van der Waals surface area contributed by atoms with Crippen molar-refractivity contribution in [3.63, 3.8) is 0 Å². The number of hydrogen-bond acceptors (Lipinski definition) is 4. The first-order chi connectivity index (χ1) is 10.6. The monoisotopic (exact) mass is 293 g/mol. The zero-order valence-corrected chi connectivity index (χ0v) is 11.4. The van der Waals surface area contributed by atoms with Gasteiger partial charge in [0, 0.05) is 41.3 Å². The standard InChI is InChI=1S/C16H11N3O3/c20-16(13-3-7-15(8-4-13)19(21)22)12-1-5-14(6-2-12)18-10-9-17-11-18/h1-11H. The maximum Gasteiger partial charge on any atom is 0.269 e. The van der Waals surface area contributed by atoms with Crippen molar-refractivity contribution in [1.82, 2.24) is 9.55 Å². The van der Waals surface area contributed by atoms with Crippen LogP contribution in [0.1, 0.15) is 15.9 Å². The summed E-state index contributed by atoms with van der Waals surface area (Å²) in [5, 5.41) is 10.6. The lowest BCUT2D eigenvalue weighted by Crippen LogP contribution is -2.02. The lowest BCUT2D eigenvalue weighted by atomic mass is 10.0. The quantitative estimate of drug-likeness (QED) is 0.421. The minimum absolute atomic E-state index is 0.0352. The van der Waals surface area contributed by atoms with Gasteiger partial charge in [-0.1, -0.05) is 0 Å². The second-order valence-corrected chi connectivity index (χ2v) is 4.65. The summed E-state index contributed by atoms with van der Waals surface area (Å²) < 4.78 is 1.83. The Balaban J connectivity index is 1.84. The lowest BCUT2D eigenvalue weighted by molar-refractivity contribution is -0.384. The van der Waals surface area contributed by atoms with E-state index < -0.39 is 4.92 Å². The van der Waals surface area contributed by atoms with Crippen LogP contribution >= 0.6 is 0 Å². The normalized spacial score (nSPS) is 10.4. The Kier molecular flexibility index (Phi) is 3.49. The number of benzene rings is 2. The van der Waals surface area contributed by atoms with Crippen molar-refractivity contribution in [3.05, 3.63) is 88.5 Å². The molecule has 0 aliphatic carbocycles. The van der Waals surface area contributed by atoms with E-state index >= 15 is 0 Å². The minimum Gasteiger partial charge on any atom is -0.306 e. The Morgan fingerprint density at radius 3 is 2.09 bits per heavy atom. The van der Waals surface area contributed by atoms with Crippen LogP contribution in [-0.2, 0) is 0 Å². The third-order valence-corrected chi connectivity index (χ3v) is 3.27. The number of nitrogens with zero attached hydrogens (tertiary/aromatic N) is 3. The first-order valence-electron chi connectivity index (χ1n) is 6.53. The van der Waals surface area contributed by atoms with Gasteiger partial charge >= 0.3 is 0 Å². The molecule has 0 aliphatic heterocycles. The highest BCUT2D eigenvalue weighted by atomic mass is 16.6. The molecule has 1 aromatic heterocycles. The molecule has 0 spiro atoms. The molecule has 22 heavy (non-hydrogen) atoms. The van der Waals surface area contributed by atoms with E-state index in [1.165, 1.54) is 24.3 Å². The van der Waals surface area contributed by atoms with E-state index in [4.69, 9.17) is 0 Å². The third-order valence-electron chi connectivity index (χ3n) is 3.27. The molecule has 2 aromatic carbocycles. The summed E-state index contributed by atoms with van der Waals surface area (Å²) >= 11 is 0. The molecule has 0 radical (unpaired) electrons. The molecular weight excluding hydrogens is 282 g/mol. The first-order valence-corrected chi connectivity index (χ1v) is 6.53. The molecule has 0 amide bonds. The molecule has 0 aliphatic rings. The number of ketones is 1. The van der Waals surface area contributed by atoms with Gasteiger partial charge in [0.25, 0.3) is 5.69 Å². The van der Waals surface area contributed by atoms with Gasteiger partial charge in [0.1, 0.15) is 0 Å². The molecule has 6 heteroatoms. The van der Waals surface area contributed by atoms with Gasteiger partial charge in [-0.2, -0.15) is 0 Å². The molecule has 0 saturated carbocycles. The second-order valence-electron chi connectivity index (χ2n) is 4.65. The van der Waals surface area contributed by atoms with Crippen molar-refractivity contribution in [2.75, 3.05) is 0 Å². The zero-order chi connectivity index (χ0) is 15.5. The van der Waals surface area contributed by atoms with Gasteiger partial charge in [-0.25, -0.2) is 4.98 Å². The maximum atomic E-state index is 12.3. The van der Waals surface area contributed by atoms with Gasteiger partial charge < -0.3 is 4.57 Å². The van der Waals surface area contributed by atoms with Crippen molar-refractivity contribution in [3.8, 4) is 5.69 Å². The Morgan fingerprint density at radius 1 is 1.00 bits per heavy atom. The van der Waals surface area contributed by atoms with Gasteiger partial charge in [-0.05, 0) is 36.4 Å². The summed E-state index contributed by atoms with van der Waals surface area (Å²) in [6.07, 6.45) is 5.16. The number of nitro benzene ring substituents is 1. The van der Waals surface area contributed by atoms with Crippen LogP contribution < -0.4 is 0 Å². The lowest BCUT2D eigenvalue weighted by Gasteiger charge is -2.04. The van der Waals surface area contributed by atoms with Gasteiger partial charge in [0.15, 0.2) is 5.78 Å². The molecule has 0 fully saturated rings. The fraction of sp³-hybridized carbons (Fsp3) is 0. The Hall–Kier alpha value is -3.28. The van der Waals surface area contributed by atoms with Crippen molar-refractivity contribution in [1.29, 1.82) is 0 Å². The SMILES string of the molecule is O=C(c1ccc(-n2ccnc2)cc1)c1ccc([N+](=O)[O-])cc1. The number of nitro groups is 1. The molecule has 3 rings (SSSR count). The van der Waals surface area contributed by atoms with E-state index in [9.17, 15) is 14.9 Å². The molecule has 0 saturated heterocycles. The van der Waals surface area contributed by atoms with Crippen LogP contribution in [0, 0.1) is 10.1 Å². The highest BCUT2D eigenvalue weighted by Crippen LogP contribution is 2.16. The van der Waals surface area contributed by atoms with E-state index in [1.807, 2.05) is 22.9 Å². The van der Waals surface area contributed by atoms with Crippen LogP contribution in [0.3, 0.4) is 0 Å². The summed E-state index contributed by atoms with van der Waals surface area (Å²) in [5.41, 5.74) is 1.81. The van der Waals surface area contributed by atoms with Gasteiger partial charge in [-0.15, -0.1) is 0 Å². The van der Waals surface area contributed by atoms with E-state index in [0.29, 0.717) is 11.1 Å². The highest BCUT2D eigenvalue weighted by Gasteiger charge is 2.11. The van der Waals surface area contributed by atoms with Crippen molar-refractivity contribution < 1.29 is 9.72 Å². The number of imidazole rings is 1. The topological polar surface area (TPSA) is 78.0 Å². The molecule has 1 heterocycles. The first kappa shape index (κ1) is 13.7. The van der Waals surface area contributed by atoms with Crippen molar-refractivity contribution >= 4 is 11.5 Å². The Morgan fingerprint density at radius 2 is 1.59 bits per heavy atom. The van der Waals surface area contributed by atoms with Gasteiger partial charge in [0.2, 0.25) is 0 Å². The zero-order valence-electron chi connectivity index (χ0n) is 11.4. The largest absolute Gasteiger partial charge is 0.306 e. The predicted molar refractivity (Wildman–Crippen MR) is 80.1 cm³/mol. The van der Waals surface area contributed by atoms with Crippen LogP contribution in [-0.4, -0.2) is 20.3 Å². The molecule has 3 aromatic rings. The second kappa shape index (κ2) is 5.61. The molecule has 108 valence electrons. The molecule has 0 atom stereocenters. The van der Waals surface area contributed by atoms with Crippen LogP contribution in [0.5, 0.6) is 0 Å². The number of rotatable bonds is 4. The van der Waals surface area contributed by atoms with E-state index in [1.54, 1.807) is 24.7 Å². The minimum atomic E-state index is -0.492. The fourth-order valence-corrected chi connectivity index (χ4v) is 2.10. The summed E-state index contributed by atoms with van der Waals surface area (Å²) in [5.74, 6) is -0.174. The van der Waals surface area contributed by atoms with Crippen LogP contribution in [0.2, 0.25) is 0 Å². The fourth-order valence-electron chi connectivity index (χ4n) is 2.10. The van der Waals surface area contributed by atoms with E-state index in [0.717, 1.165) is 5.69 Å². The number of non-ortho nitro benzene ring substituents is 1.